The van der Waals surface area contributed by atoms with Crippen molar-refractivity contribution in [3.63, 3.8) is 0 Å². The van der Waals surface area contributed by atoms with Crippen molar-refractivity contribution >= 4 is 22.6 Å². The van der Waals surface area contributed by atoms with Gasteiger partial charge in [-0.2, -0.15) is 0 Å². The van der Waals surface area contributed by atoms with Gasteiger partial charge in [0.2, 0.25) is 0 Å². The number of rotatable bonds is 6. The average molecular weight is 429 g/mol. The molecule has 1 unspecified atom stereocenters. The van der Waals surface area contributed by atoms with Crippen LogP contribution in [0.3, 0.4) is 0 Å². The van der Waals surface area contributed by atoms with E-state index >= 15 is 0 Å². The Kier molecular flexibility index (Phi) is 5.88. The summed E-state index contributed by atoms with van der Waals surface area (Å²) in [6.07, 6.45) is 0.819. The van der Waals surface area contributed by atoms with Crippen molar-refractivity contribution < 1.29 is 4.74 Å². The molecule has 3 rings (SSSR count). The van der Waals surface area contributed by atoms with Crippen LogP contribution in [0, 0.1) is 3.57 Å². The first-order valence-electron chi connectivity index (χ1n) is 7.97. The van der Waals surface area contributed by atoms with E-state index in [0.717, 1.165) is 23.3 Å². The quantitative estimate of drug-likeness (QED) is 0.553. The Morgan fingerprint density at radius 1 is 0.833 bits per heavy atom. The molecule has 1 atom stereocenters. The first-order valence-corrected chi connectivity index (χ1v) is 9.05. The van der Waals surface area contributed by atoms with Gasteiger partial charge in [-0.3, -0.25) is 0 Å². The molecule has 0 saturated heterocycles. The Bertz CT molecular complexity index is 771. The minimum absolute atomic E-state index is 0.0367. The second kappa shape index (κ2) is 8.31. The van der Waals surface area contributed by atoms with Gasteiger partial charge in [-0.05, 0) is 70.0 Å². The third-order valence-corrected chi connectivity index (χ3v) is 4.62. The smallest absolute Gasteiger partial charge is 0.120 e. The van der Waals surface area contributed by atoms with Crippen LogP contribution in [0.1, 0.15) is 22.7 Å². The number of ether oxygens (including phenoxy) is 1. The Morgan fingerprint density at radius 2 is 1.58 bits per heavy atom. The van der Waals surface area contributed by atoms with E-state index < -0.39 is 0 Å². The summed E-state index contributed by atoms with van der Waals surface area (Å²) in [5.74, 6) is 0.856. The molecule has 0 aliphatic carbocycles. The van der Waals surface area contributed by atoms with Gasteiger partial charge in [0.25, 0.3) is 0 Å². The van der Waals surface area contributed by atoms with E-state index in [1.165, 1.54) is 9.13 Å². The maximum atomic E-state index is 6.38. The number of benzene rings is 3. The standard InChI is InChI=1S/C21H20INO/c22-19-11-9-16(10-12-19)13-21(23)18-7-4-8-20(14-18)24-15-17-5-2-1-3-6-17/h1-12,14,21H,13,15,23H2. The average Bonchev–Trinajstić information content (AvgIpc) is 2.63. The van der Waals surface area contributed by atoms with Gasteiger partial charge < -0.3 is 10.5 Å². The minimum atomic E-state index is -0.0367. The lowest BCUT2D eigenvalue weighted by Crippen LogP contribution is -2.13. The van der Waals surface area contributed by atoms with Crippen molar-refractivity contribution in [2.24, 2.45) is 5.73 Å². The molecule has 24 heavy (non-hydrogen) atoms. The van der Waals surface area contributed by atoms with Crippen molar-refractivity contribution in [2.75, 3.05) is 0 Å². The summed E-state index contributed by atoms with van der Waals surface area (Å²) in [4.78, 5) is 0. The monoisotopic (exact) mass is 429 g/mol. The molecule has 0 aliphatic rings. The molecule has 0 saturated carbocycles. The van der Waals surface area contributed by atoms with Crippen molar-refractivity contribution in [3.05, 3.63) is 99.1 Å². The Labute approximate surface area is 156 Å². The van der Waals surface area contributed by atoms with Gasteiger partial charge >= 0.3 is 0 Å². The molecule has 0 spiro atoms. The van der Waals surface area contributed by atoms with Crippen LogP contribution in [0.2, 0.25) is 0 Å². The lowest BCUT2D eigenvalue weighted by Gasteiger charge is -2.14. The van der Waals surface area contributed by atoms with Crippen LogP contribution in [0.15, 0.2) is 78.9 Å². The summed E-state index contributed by atoms with van der Waals surface area (Å²) in [5, 5.41) is 0. The van der Waals surface area contributed by atoms with Crippen LogP contribution < -0.4 is 10.5 Å². The largest absolute Gasteiger partial charge is 0.489 e. The highest BCUT2D eigenvalue weighted by molar-refractivity contribution is 14.1. The lowest BCUT2D eigenvalue weighted by molar-refractivity contribution is 0.305. The summed E-state index contributed by atoms with van der Waals surface area (Å²) >= 11 is 2.31. The van der Waals surface area contributed by atoms with Gasteiger partial charge in [-0.1, -0.05) is 54.6 Å². The van der Waals surface area contributed by atoms with Gasteiger partial charge in [0.05, 0.1) is 0 Å². The molecule has 2 N–H and O–H groups in total. The third-order valence-electron chi connectivity index (χ3n) is 3.90. The van der Waals surface area contributed by atoms with Crippen LogP contribution in [0.25, 0.3) is 0 Å². The third kappa shape index (κ3) is 4.82. The van der Waals surface area contributed by atoms with Crippen molar-refractivity contribution in [1.82, 2.24) is 0 Å². The summed E-state index contributed by atoms with van der Waals surface area (Å²) < 4.78 is 7.13. The lowest BCUT2D eigenvalue weighted by atomic mass is 9.99. The molecule has 3 aromatic carbocycles. The normalized spacial score (nSPS) is 11.9. The molecule has 3 heteroatoms. The van der Waals surface area contributed by atoms with Crippen LogP contribution in [0.4, 0.5) is 0 Å². The highest BCUT2D eigenvalue weighted by Crippen LogP contribution is 2.22. The number of nitrogens with two attached hydrogens (primary N) is 1. The second-order valence-electron chi connectivity index (χ2n) is 5.78. The summed E-state index contributed by atoms with van der Waals surface area (Å²) in [6.45, 7) is 0.566. The van der Waals surface area contributed by atoms with Crippen molar-refractivity contribution in [1.29, 1.82) is 0 Å². The molecule has 0 aromatic heterocycles. The van der Waals surface area contributed by atoms with E-state index in [2.05, 4.69) is 65.1 Å². The van der Waals surface area contributed by atoms with E-state index in [1.54, 1.807) is 0 Å². The number of halogens is 1. The highest BCUT2D eigenvalue weighted by atomic mass is 127. The number of hydrogen-bond donors (Lipinski definition) is 1. The van der Waals surface area contributed by atoms with E-state index in [1.807, 2.05) is 36.4 Å². The molecule has 0 heterocycles. The predicted octanol–water partition coefficient (Wildman–Crippen LogP) is 5.11. The maximum absolute atomic E-state index is 6.38. The molecule has 2 nitrogen and oxygen atoms in total. The van der Waals surface area contributed by atoms with Crippen LogP contribution in [0.5, 0.6) is 5.75 Å². The molecule has 0 fully saturated rings. The fourth-order valence-corrected chi connectivity index (χ4v) is 2.93. The van der Waals surface area contributed by atoms with Gasteiger partial charge in [-0.25, -0.2) is 0 Å². The zero-order valence-electron chi connectivity index (χ0n) is 13.4. The van der Waals surface area contributed by atoms with E-state index in [0.29, 0.717) is 6.61 Å². The fraction of sp³-hybridized carbons (Fsp3) is 0.143. The second-order valence-corrected chi connectivity index (χ2v) is 7.03. The van der Waals surface area contributed by atoms with Gasteiger partial charge in [0, 0.05) is 9.61 Å². The van der Waals surface area contributed by atoms with Crippen LogP contribution in [-0.2, 0) is 13.0 Å². The summed E-state index contributed by atoms with van der Waals surface area (Å²) in [5.41, 5.74) is 9.89. The SMILES string of the molecule is NC(Cc1ccc(I)cc1)c1cccc(OCc2ccccc2)c1. The van der Waals surface area contributed by atoms with E-state index in [9.17, 15) is 0 Å². The van der Waals surface area contributed by atoms with Crippen molar-refractivity contribution in [2.45, 2.75) is 19.1 Å². The van der Waals surface area contributed by atoms with Crippen molar-refractivity contribution in [3.8, 4) is 5.75 Å². The van der Waals surface area contributed by atoms with Gasteiger partial charge in [0.1, 0.15) is 12.4 Å². The molecular weight excluding hydrogens is 409 g/mol. The Balaban J connectivity index is 1.64. The first-order chi connectivity index (χ1) is 11.7. The first kappa shape index (κ1) is 17.0. The molecule has 0 bridgehead atoms. The summed E-state index contributed by atoms with van der Waals surface area (Å²) in [6, 6.07) is 26.7. The molecule has 0 radical (unpaired) electrons. The minimum Gasteiger partial charge on any atom is -0.489 e. The van der Waals surface area contributed by atoms with Crippen LogP contribution in [-0.4, -0.2) is 0 Å². The molecule has 122 valence electrons. The van der Waals surface area contributed by atoms with Crippen LogP contribution >= 0.6 is 22.6 Å². The zero-order chi connectivity index (χ0) is 16.8. The van der Waals surface area contributed by atoms with Gasteiger partial charge in [0.15, 0.2) is 0 Å². The number of hydrogen-bond acceptors (Lipinski definition) is 2. The van der Waals surface area contributed by atoms with E-state index in [4.69, 9.17) is 10.5 Å². The molecule has 3 aromatic rings. The Morgan fingerprint density at radius 3 is 2.33 bits per heavy atom. The summed E-state index contributed by atoms with van der Waals surface area (Å²) in [7, 11) is 0. The Hall–Kier alpha value is -1.85. The molecule has 0 aliphatic heterocycles. The predicted molar refractivity (Wildman–Crippen MR) is 107 cm³/mol. The maximum Gasteiger partial charge on any atom is 0.120 e. The van der Waals surface area contributed by atoms with Gasteiger partial charge in [-0.15, -0.1) is 0 Å². The zero-order valence-corrected chi connectivity index (χ0v) is 15.5. The topological polar surface area (TPSA) is 35.2 Å². The fourth-order valence-electron chi connectivity index (χ4n) is 2.57. The highest BCUT2D eigenvalue weighted by Gasteiger charge is 2.08. The van der Waals surface area contributed by atoms with E-state index in [-0.39, 0.29) is 6.04 Å². The molecular formula is C21H20INO. The molecule has 0 amide bonds.